The van der Waals surface area contributed by atoms with Crippen molar-refractivity contribution in [1.29, 1.82) is 0 Å². The van der Waals surface area contributed by atoms with Crippen LogP contribution in [0.25, 0.3) is 11.5 Å². The van der Waals surface area contributed by atoms with Gasteiger partial charge in [-0.2, -0.15) is 0 Å². The topological polar surface area (TPSA) is 65.7 Å². The van der Waals surface area contributed by atoms with Crippen molar-refractivity contribution in [3.8, 4) is 11.5 Å². The van der Waals surface area contributed by atoms with Gasteiger partial charge in [-0.1, -0.05) is 11.6 Å². The number of ether oxygens (including phenoxy) is 1. The van der Waals surface area contributed by atoms with E-state index in [0.29, 0.717) is 29.8 Å². The maximum absolute atomic E-state index is 6.13. The fraction of sp³-hybridized carbons (Fsp3) is 0.333. The Balaban J connectivity index is 2.05. The van der Waals surface area contributed by atoms with Gasteiger partial charge in [0.2, 0.25) is 5.82 Å². The summed E-state index contributed by atoms with van der Waals surface area (Å²) in [4.78, 5) is 4.24. The van der Waals surface area contributed by atoms with Gasteiger partial charge in [0, 0.05) is 10.7 Å². The van der Waals surface area contributed by atoms with E-state index in [-0.39, 0.29) is 6.04 Å². The van der Waals surface area contributed by atoms with Crippen molar-refractivity contribution < 1.29 is 4.74 Å². The fourth-order valence-electron chi connectivity index (χ4n) is 1.54. The molecule has 2 aromatic rings. The summed E-state index contributed by atoms with van der Waals surface area (Å²) in [5, 5.41) is 12.1. The Hall–Kier alpha value is -1.05. The van der Waals surface area contributed by atoms with Crippen molar-refractivity contribution in [3.05, 3.63) is 21.8 Å². The maximum Gasteiger partial charge on any atom is 0.202 e. The summed E-state index contributed by atoms with van der Waals surface area (Å²) in [6, 6.07) is 1.93. The maximum atomic E-state index is 6.13. The Morgan fingerprint density at radius 1 is 1.47 bits per heavy atom. The molecule has 2 aromatic heterocycles. The summed E-state index contributed by atoms with van der Waals surface area (Å²) in [5.74, 6) is 0.566. The smallest absolute Gasteiger partial charge is 0.202 e. The summed E-state index contributed by atoms with van der Waals surface area (Å²) < 4.78 is 7.64. The van der Waals surface area contributed by atoms with E-state index in [0.717, 1.165) is 4.47 Å². The van der Waals surface area contributed by atoms with Gasteiger partial charge in [-0.15, -0.1) is 5.10 Å². The molecule has 0 saturated carbocycles. The molecule has 17 heavy (non-hydrogen) atoms. The third-order valence-corrected chi connectivity index (χ3v) is 3.20. The summed E-state index contributed by atoms with van der Waals surface area (Å²) in [7, 11) is 0. The number of nitrogens with zero attached hydrogens (tertiary/aromatic N) is 5. The highest BCUT2D eigenvalue weighted by atomic mass is 79.9. The van der Waals surface area contributed by atoms with E-state index in [9.17, 15) is 0 Å². The van der Waals surface area contributed by atoms with Crippen molar-refractivity contribution in [2.24, 2.45) is 0 Å². The molecule has 8 heteroatoms. The molecule has 1 fully saturated rings. The van der Waals surface area contributed by atoms with Crippen LogP contribution in [0.15, 0.2) is 16.7 Å². The molecular weight excluding hydrogens is 309 g/mol. The normalized spacial score (nSPS) is 15.9. The Morgan fingerprint density at radius 2 is 2.29 bits per heavy atom. The number of tetrazole rings is 1. The van der Waals surface area contributed by atoms with Crippen LogP contribution in [0, 0.1) is 0 Å². The van der Waals surface area contributed by atoms with E-state index in [2.05, 4.69) is 36.4 Å². The highest BCUT2D eigenvalue weighted by molar-refractivity contribution is 9.10. The van der Waals surface area contributed by atoms with E-state index in [1.807, 2.05) is 0 Å². The zero-order valence-corrected chi connectivity index (χ0v) is 10.9. The van der Waals surface area contributed by atoms with Crippen LogP contribution < -0.4 is 0 Å². The molecule has 3 rings (SSSR count). The lowest BCUT2D eigenvalue weighted by atomic mass is 10.2. The number of hydrogen-bond acceptors (Lipinski definition) is 5. The number of aromatic nitrogens is 5. The van der Waals surface area contributed by atoms with Crippen molar-refractivity contribution in [1.82, 2.24) is 25.2 Å². The first-order chi connectivity index (χ1) is 8.25. The van der Waals surface area contributed by atoms with Crippen LogP contribution in [-0.4, -0.2) is 38.4 Å². The molecular formula is C9H7BrClN5O. The highest BCUT2D eigenvalue weighted by Gasteiger charge is 2.26. The minimum Gasteiger partial charge on any atom is -0.377 e. The molecule has 0 bridgehead atoms. The molecule has 0 aliphatic carbocycles. The fourth-order valence-corrected chi connectivity index (χ4v) is 2.25. The van der Waals surface area contributed by atoms with Crippen molar-refractivity contribution in [2.45, 2.75) is 6.04 Å². The first-order valence-corrected chi connectivity index (χ1v) is 6.10. The van der Waals surface area contributed by atoms with Crippen LogP contribution in [0.3, 0.4) is 0 Å². The Morgan fingerprint density at radius 3 is 2.94 bits per heavy atom. The van der Waals surface area contributed by atoms with Gasteiger partial charge in [-0.05, 0) is 32.4 Å². The van der Waals surface area contributed by atoms with E-state index in [1.165, 1.54) is 0 Å². The quantitative estimate of drug-likeness (QED) is 0.844. The first-order valence-electron chi connectivity index (χ1n) is 4.93. The number of pyridine rings is 1. The number of halogens is 2. The second-order valence-corrected chi connectivity index (χ2v) is 4.95. The highest BCUT2D eigenvalue weighted by Crippen LogP contribution is 2.28. The number of hydrogen-bond donors (Lipinski definition) is 0. The largest absolute Gasteiger partial charge is 0.377 e. The SMILES string of the molecule is Clc1cc(Br)cnc1-c1nnnn1C1COC1. The van der Waals surface area contributed by atoms with Gasteiger partial charge in [0.1, 0.15) is 11.7 Å². The average molecular weight is 317 g/mol. The molecule has 0 N–H and O–H groups in total. The molecule has 6 nitrogen and oxygen atoms in total. The summed E-state index contributed by atoms with van der Waals surface area (Å²) in [6.07, 6.45) is 1.66. The average Bonchev–Trinajstić information content (AvgIpc) is 2.64. The van der Waals surface area contributed by atoms with Gasteiger partial charge >= 0.3 is 0 Å². The number of rotatable bonds is 2. The van der Waals surface area contributed by atoms with Crippen LogP contribution in [0.1, 0.15) is 6.04 Å². The second kappa shape index (κ2) is 4.32. The monoisotopic (exact) mass is 315 g/mol. The minimum absolute atomic E-state index is 0.168. The summed E-state index contributed by atoms with van der Waals surface area (Å²) >= 11 is 9.43. The molecule has 0 radical (unpaired) electrons. The molecule has 0 unspecified atom stereocenters. The zero-order valence-electron chi connectivity index (χ0n) is 8.55. The van der Waals surface area contributed by atoms with Crippen LogP contribution in [0.2, 0.25) is 5.02 Å². The third-order valence-electron chi connectivity index (χ3n) is 2.48. The van der Waals surface area contributed by atoms with Gasteiger partial charge in [-0.25, -0.2) is 4.68 Å². The zero-order chi connectivity index (χ0) is 11.8. The van der Waals surface area contributed by atoms with Gasteiger partial charge in [0.25, 0.3) is 0 Å². The molecule has 0 aromatic carbocycles. The van der Waals surface area contributed by atoms with Crippen molar-refractivity contribution in [3.63, 3.8) is 0 Å². The second-order valence-electron chi connectivity index (χ2n) is 3.62. The van der Waals surface area contributed by atoms with Crippen LogP contribution in [0.5, 0.6) is 0 Å². The lowest BCUT2D eigenvalue weighted by Crippen LogP contribution is -2.32. The van der Waals surface area contributed by atoms with Gasteiger partial charge < -0.3 is 4.74 Å². The van der Waals surface area contributed by atoms with Gasteiger partial charge in [0.05, 0.1) is 18.2 Å². The van der Waals surface area contributed by atoms with Crippen LogP contribution >= 0.6 is 27.5 Å². The van der Waals surface area contributed by atoms with E-state index in [4.69, 9.17) is 16.3 Å². The minimum atomic E-state index is 0.168. The van der Waals surface area contributed by atoms with Crippen molar-refractivity contribution >= 4 is 27.5 Å². The molecule has 0 spiro atoms. The Labute approximate surface area is 110 Å². The summed E-state index contributed by atoms with van der Waals surface area (Å²) in [5.41, 5.74) is 0.576. The summed E-state index contributed by atoms with van der Waals surface area (Å²) in [6.45, 7) is 1.23. The standard InChI is InChI=1S/C9H7BrClN5O/c10-5-1-7(11)8(12-2-5)9-13-14-15-16(9)6-3-17-4-6/h1-2,6H,3-4H2. The van der Waals surface area contributed by atoms with Crippen molar-refractivity contribution in [2.75, 3.05) is 13.2 Å². The van der Waals surface area contributed by atoms with E-state index in [1.54, 1.807) is 16.9 Å². The molecule has 1 aliphatic rings. The van der Waals surface area contributed by atoms with Crippen LogP contribution in [0.4, 0.5) is 0 Å². The molecule has 0 atom stereocenters. The van der Waals surface area contributed by atoms with Gasteiger partial charge in [-0.3, -0.25) is 4.98 Å². The molecule has 1 aliphatic heterocycles. The van der Waals surface area contributed by atoms with E-state index < -0.39 is 0 Å². The lowest BCUT2D eigenvalue weighted by Gasteiger charge is -2.26. The molecule has 0 amide bonds. The molecule has 1 saturated heterocycles. The first kappa shape index (κ1) is 11.1. The Kier molecular flexibility index (Phi) is 2.81. The molecule has 3 heterocycles. The lowest BCUT2D eigenvalue weighted by molar-refractivity contribution is -0.0286. The predicted octanol–water partition coefficient (Wildman–Crippen LogP) is 1.72. The Bertz CT molecular complexity index is 556. The van der Waals surface area contributed by atoms with Crippen LogP contribution in [-0.2, 0) is 4.74 Å². The van der Waals surface area contributed by atoms with E-state index >= 15 is 0 Å². The molecule has 88 valence electrons. The third kappa shape index (κ3) is 1.94. The van der Waals surface area contributed by atoms with Gasteiger partial charge in [0.15, 0.2) is 0 Å². The predicted molar refractivity (Wildman–Crippen MR) is 63.6 cm³/mol.